The molecule has 0 aromatic rings. The minimum absolute atomic E-state index is 0.307. The summed E-state index contributed by atoms with van der Waals surface area (Å²) in [4.78, 5) is 14.4. The number of piperidine rings is 1. The summed E-state index contributed by atoms with van der Waals surface area (Å²) in [6.07, 6.45) is 4.79. The normalized spacial score (nSPS) is 22.9. The minimum atomic E-state index is -0.437. The van der Waals surface area contributed by atoms with Crippen molar-refractivity contribution in [3.8, 4) is 0 Å². The van der Waals surface area contributed by atoms with Crippen molar-refractivity contribution in [1.29, 1.82) is 0 Å². The number of ether oxygens (including phenoxy) is 1. The van der Waals surface area contributed by atoms with E-state index >= 15 is 0 Å². The van der Waals surface area contributed by atoms with Gasteiger partial charge in [0.15, 0.2) is 0 Å². The van der Waals surface area contributed by atoms with Gasteiger partial charge in [0.25, 0.3) is 0 Å². The molecule has 2 unspecified atom stereocenters. The third-order valence-electron chi connectivity index (χ3n) is 5.32. The van der Waals surface area contributed by atoms with Crippen LogP contribution in [-0.2, 0) is 4.74 Å². The second-order valence-corrected chi connectivity index (χ2v) is 8.55. The molecule has 5 heteroatoms. The molecule has 0 spiro atoms. The van der Waals surface area contributed by atoms with E-state index in [1.165, 1.54) is 45.3 Å². The summed E-state index contributed by atoms with van der Waals surface area (Å²) in [5, 5.41) is 6.76. The van der Waals surface area contributed by atoms with Crippen molar-refractivity contribution in [1.82, 2.24) is 15.5 Å². The number of nitrogens with zero attached hydrogens (tertiary/aromatic N) is 1. The molecule has 24 heavy (non-hydrogen) atoms. The monoisotopic (exact) mass is 339 g/mol. The number of nitrogens with one attached hydrogen (secondary N) is 2. The smallest absolute Gasteiger partial charge is 0.407 e. The van der Waals surface area contributed by atoms with Gasteiger partial charge in [-0.15, -0.1) is 0 Å². The van der Waals surface area contributed by atoms with Crippen LogP contribution in [0.1, 0.15) is 60.3 Å². The molecule has 1 heterocycles. The van der Waals surface area contributed by atoms with Crippen LogP contribution in [0.3, 0.4) is 0 Å². The van der Waals surface area contributed by atoms with Gasteiger partial charge >= 0.3 is 6.09 Å². The van der Waals surface area contributed by atoms with Crippen LogP contribution >= 0.6 is 0 Å². The molecule has 0 radical (unpaired) electrons. The van der Waals surface area contributed by atoms with Crippen LogP contribution in [0.2, 0.25) is 0 Å². The van der Waals surface area contributed by atoms with Gasteiger partial charge in [-0.05, 0) is 84.8 Å². The van der Waals surface area contributed by atoms with Crippen LogP contribution in [-0.4, -0.2) is 54.9 Å². The highest BCUT2D eigenvalue weighted by Crippen LogP contribution is 2.33. The summed E-state index contributed by atoms with van der Waals surface area (Å²) in [5.74, 6) is 1.45. The van der Waals surface area contributed by atoms with E-state index in [2.05, 4.69) is 29.4 Å². The topological polar surface area (TPSA) is 53.6 Å². The second kappa shape index (κ2) is 8.52. The van der Waals surface area contributed by atoms with Crippen LogP contribution in [0.5, 0.6) is 0 Å². The maximum absolute atomic E-state index is 11.9. The Morgan fingerprint density at radius 3 is 2.29 bits per heavy atom. The van der Waals surface area contributed by atoms with Crippen LogP contribution in [0.4, 0.5) is 4.79 Å². The van der Waals surface area contributed by atoms with E-state index in [1.807, 2.05) is 20.8 Å². The van der Waals surface area contributed by atoms with Crippen LogP contribution < -0.4 is 10.6 Å². The molecule has 5 nitrogen and oxygen atoms in total. The highest BCUT2D eigenvalue weighted by atomic mass is 16.6. The number of hydrogen-bond donors (Lipinski definition) is 2. The Labute approximate surface area is 147 Å². The molecule has 2 rings (SSSR count). The quantitative estimate of drug-likeness (QED) is 0.749. The summed E-state index contributed by atoms with van der Waals surface area (Å²) in [6, 6.07) is 0.881. The minimum Gasteiger partial charge on any atom is -0.444 e. The van der Waals surface area contributed by atoms with E-state index in [4.69, 9.17) is 4.74 Å². The molecule has 1 aliphatic heterocycles. The molecule has 2 fully saturated rings. The van der Waals surface area contributed by atoms with E-state index in [-0.39, 0.29) is 6.09 Å². The Morgan fingerprint density at radius 2 is 1.79 bits per heavy atom. The third-order valence-corrected chi connectivity index (χ3v) is 5.32. The summed E-state index contributed by atoms with van der Waals surface area (Å²) in [5.41, 5.74) is -0.437. The SMILES string of the molecule is CCN1CCC(C(C)NC(CNC(=O)OC(C)(C)C)C2CC2)CC1. The van der Waals surface area contributed by atoms with Crippen molar-refractivity contribution >= 4 is 6.09 Å². The highest BCUT2D eigenvalue weighted by molar-refractivity contribution is 5.67. The fraction of sp³-hybridized carbons (Fsp3) is 0.947. The third kappa shape index (κ3) is 6.60. The van der Waals surface area contributed by atoms with Gasteiger partial charge < -0.3 is 20.3 Å². The second-order valence-electron chi connectivity index (χ2n) is 8.55. The molecule has 140 valence electrons. The zero-order valence-corrected chi connectivity index (χ0v) is 16.2. The summed E-state index contributed by atoms with van der Waals surface area (Å²) in [7, 11) is 0. The lowest BCUT2D eigenvalue weighted by Crippen LogP contribution is -2.50. The van der Waals surface area contributed by atoms with Crippen molar-refractivity contribution < 1.29 is 9.53 Å². The van der Waals surface area contributed by atoms with Crippen molar-refractivity contribution in [3.63, 3.8) is 0 Å². The predicted octanol–water partition coefficient (Wildman–Crippen LogP) is 3.00. The first-order valence-electron chi connectivity index (χ1n) is 9.73. The number of carbonyl (C=O) groups excluding carboxylic acids is 1. The number of alkyl carbamates (subject to hydrolysis) is 1. The molecule has 0 aromatic heterocycles. The maximum Gasteiger partial charge on any atom is 0.407 e. The van der Waals surface area contributed by atoms with Crippen molar-refractivity contribution in [3.05, 3.63) is 0 Å². The number of amides is 1. The lowest BCUT2D eigenvalue weighted by Gasteiger charge is -2.36. The fourth-order valence-electron chi connectivity index (χ4n) is 3.61. The zero-order valence-electron chi connectivity index (χ0n) is 16.2. The Morgan fingerprint density at radius 1 is 1.17 bits per heavy atom. The predicted molar refractivity (Wildman–Crippen MR) is 98.2 cm³/mol. The van der Waals surface area contributed by atoms with Gasteiger partial charge in [-0.2, -0.15) is 0 Å². The van der Waals surface area contributed by atoms with Crippen LogP contribution in [0, 0.1) is 11.8 Å². The molecule has 1 amide bonds. The van der Waals surface area contributed by atoms with Gasteiger partial charge in [0.05, 0.1) is 0 Å². The summed E-state index contributed by atoms with van der Waals surface area (Å²) in [6.45, 7) is 14.5. The zero-order chi connectivity index (χ0) is 17.7. The Kier molecular flexibility index (Phi) is 6.93. The standard InChI is InChI=1S/C19H37N3O2/c1-6-22-11-9-15(10-12-22)14(2)21-17(16-7-8-16)13-20-18(23)24-19(3,4)5/h14-17,21H,6-13H2,1-5H3,(H,20,23). The number of likely N-dealkylation sites (tertiary alicyclic amines) is 1. The molecular weight excluding hydrogens is 302 g/mol. The summed E-state index contributed by atoms with van der Waals surface area (Å²) < 4.78 is 5.35. The van der Waals surface area contributed by atoms with Gasteiger partial charge in [-0.3, -0.25) is 0 Å². The Bertz CT molecular complexity index is 396. The molecule has 2 atom stereocenters. The molecule has 0 bridgehead atoms. The van der Waals surface area contributed by atoms with Gasteiger partial charge in [0, 0.05) is 18.6 Å². The molecule has 1 saturated carbocycles. The average Bonchev–Trinajstić information content (AvgIpc) is 3.34. The highest BCUT2D eigenvalue weighted by Gasteiger charge is 2.34. The van der Waals surface area contributed by atoms with E-state index in [9.17, 15) is 4.79 Å². The lowest BCUT2D eigenvalue weighted by atomic mass is 9.89. The molecule has 1 aliphatic carbocycles. The van der Waals surface area contributed by atoms with Crippen molar-refractivity contribution in [2.45, 2.75) is 78.0 Å². The Hall–Kier alpha value is -0.810. The molecule has 2 N–H and O–H groups in total. The summed E-state index contributed by atoms with van der Waals surface area (Å²) >= 11 is 0. The first kappa shape index (κ1) is 19.5. The maximum atomic E-state index is 11.9. The average molecular weight is 340 g/mol. The number of rotatable bonds is 7. The first-order chi connectivity index (χ1) is 11.3. The van der Waals surface area contributed by atoms with E-state index in [0.29, 0.717) is 24.5 Å². The van der Waals surface area contributed by atoms with Crippen LogP contribution in [0.25, 0.3) is 0 Å². The lowest BCUT2D eigenvalue weighted by molar-refractivity contribution is 0.0518. The molecule has 2 aliphatic rings. The fourth-order valence-corrected chi connectivity index (χ4v) is 3.61. The number of carbonyl (C=O) groups is 1. The van der Waals surface area contributed by atoms with Gasteiger partial charge in [0.1, 0.15) is 5.60 Å². The molecular formula is C19H37N3O2. The molecule has 0 aromatic carbocycles. The number of hydrogen-bond acceptors (Lipinski definition) is 4. The van der Waals surface area contributed by atoms with Crippen molar-refractivity contribution in [2.24, 2.45) is 11.8 Å². The first-order valence-corrected chi connectivity index (χ1v) is 9.73. The van der Waals surface area contributed by atoms with Crippen molar-refractivity contribution in [2.75, 3.05) is 26.2 Å². The van der Waals surface area contributed by atoms with Gasteiger partial charge in [-0.1, -0.05) is 6.92 Å². The largest absolute Gasteiger partial charge is 0.444 e. The van der Waals surface area contributed by atoms with E-state index in [1.54, 1.807) is 0 Å². The Balaban J connectivity index is 1.76. The van der Waals surface area contributed by atoms with Gasteiger partial charge in [0.2, 0.25) is 0 Å². The van der Waals surface area contributed by atoms with E-state index in [0.717, 1.165) is 5.92 Å². The van der Waals surface area contributed by atoms with Gasteiger partial charge in [-0.25, -0.2) is 4.79 Å². The van der Waals surface area contributed by atoms with Crippen LogP contribution in [0.15, 0.2) is 0 Å². The molecule has 1 saturated heterocycles. The van der Waals surface area contributed by atoms with E-state index < -0.39 is 5.60 Å².